The molecule has 0 radical (unpaired) electrons. The van der Waals surface area contributed by atoms with Crippen LogP contribution in [0.3, 0.4) is 0 Å². The molecule has 0 bridgehead atoms. The van der Waals surface area contributed by atoms with Gasteiger partial charge in [0.1, 0.15) is 0 Å². The number of allylic oxidation sites excluding steroid dienone is 3. The molecule has 0 N–H and O–H groups in total. The highest BCUT2D eigenvalue weighted by molar-refractivity contribution is 6.32. The molecular weight excluding hydrogens is 342 g/mol. The Morgan fingerprint density at radius 2 is 1.69 bits per heavy atom. The van der Waals surface area contributed by atoms with Gasteiger partial charge in [0.15, 0.2) is 0 Å². The fourth-order valence-corrected chi connectivity index (χ4v) is 3.40. The number of carbonyl (C=O) groups excluding carboxylic acids is 1. The minimum absolute atomic E-state index is 0.0269. The van der Waals surface area contributed by atoms with Gasteiger partial charge in [-0.1, -0.05) is 74.0 Å². The van der Waals surface area contributed by atoms with E-state index in [0.717, 1.165) is 22.4 Å². The van der Waals surface area contributed by atoms with E-state index in [-0.39, 0.29) is 5.91 Å². The monoisotopic (exact) mass is 363 g/mol. The van der Waals surface area contributed by atoms with Gasteiger partial charge in [-0.15, -0.1) is 0 Å². The van der Waals surface area contributed by atoms with E-state index < -0.39 is 0 Å². The molecule has 0 saturated heterocycles. The number of carbonyl (C=O) groups is 1. The fourth-order valence-electron chi connectivity index (χ4n) is 3.22. The second-order valence-electron chi connectivity index (χ2n) is 6.02. The van der Waals surface area contributed by atoms with Crippen LogP contribution >= 0.6 is 11.6 Å². The summed E-state index contributed by atoms with van der Waals surface area (Å²) < 4.78 is 0. The van der Waals surface area contributed by atoms with Crippen molar-refractivity contribution in [2.24, 2.45) is 0 Å². The Bertz CT molecular complexity index is 922. The van der Waals surface area contributed by atoms with Crippen molar-refractivity contribution >= 4 is 28.8 Å². The second-order valence-corrected chi connectivity index (χ2v) is 6.46. The van der Waals surface area contributed by atoms with Crippen LogP contribution in [-0.2, 0) is 4.79 Å². The Labute approximate surface area is 160 Å². The van der Waals surface area contributed by atoms with Crippen LogP contribution in [0.1, 0.15) is 26.3 Å². The average molecular weight is 364 g/mol. The molecule has 1 amide bonds. The van der Waals surface area contributed by atoms with Crippen LogP contribution in [-0.4, -0.2) is 12.5 Å². The summed E-state index contributed by atoms with van der Waals surface area (Å²) in [5.41, 5.74) is 6.06. The molecule has 1 heterocycles. The Kier molecular flexibility index (Phi) is 5.43. The maximum absolute atomic E-state index is 13.2. The summed E-state index contributed by atoms with van der Waals surface area (Å²) >= 11 is 6.11. The highest BCUT2D eigenvalue weighted by Gasteiger charge is 2.34. The normalized spacial score (nSPS) is 15.8. The van der Waals surface area contributed by atoms with E-state index in [1.54, 1.807) is 4.90 Å². The zero-order valence-electron chi connectivity index (χ0n) is 15.3. The first-order valence-electron chi connectivity index (χ1n) is 8.90. The molecule has 0 fully saturated rings. The number of amides is 1. The lowest BCUT2D eigenvalue weighted by Crippen LogP contribution is -2.26. The Morgan fingerprint density at radius 1 is 0.962 bits per heavy atom. The first-order valence-corrected chi connectivity index (χ1v) is 9.28. The number of anilines is 1. The van der Waals surface area contributed by atoms with Crippen molar-refractivity contribution in [1.82, 2.24) is 0 Å². The van der Waals surface area contributed by atoms with Gasteiger partial charge in [-0.2, -0.15) is 0 Å². The fraction of sp³-hybridized carbons (Fsp3) is 0.174. The molecule has 0 aromatic heterocycles. The highest BCUT2D eigenvalue weighted by atomic mass is 35.5. The Morgan fingerprint density at radius 3 is 2.27 bits per heavy atom. The summed E-state index contributed by atoms with van der Waals surface area (Å²) in [7, 11) is 0. The molecule has 1 aliphatic heterocycles. The molecule has 132 valence electrons. The molecule has 26 heavy (non-hydrogen) atoms. The van der Waals surface area contributed by atoms with Crippen LogP contribution in [0.2, 0.25) is 5.02 Å². The van der Waals surface area contributed by atoms with Crippen molar-refractivity contribution < 1.29 is 4.79 Å². The van der Waals surface area contributed by atoms with Gasteiger partial charge in [0.05, 0.1) is 12.1 Å². The zero-order valence-corrected chi connectivity index (χ0v) is 16.0. The summed E-state index contributed by atoms with van der Waals surface area (Å²) in [6.07, 6.45) is 4.17. The van der Waals surface area contributed by atoms with Gasteiger partial charge in [-0.05, 0) is 47.4 Å². The Hall–Kier alpha value is -2.58. The van der Waals surface area contributed by atoms with Crippen molar-refractivity contribution in [3.8, 4) is 0 Å². The molecule has 2 aromatic rings. The number of hydrogen-bond acceptors (Lipinski definition) is 1. The molecule has 0 saturated carbocycles. The molecule has 2 aliphatic rings. The quantitative estimate of drug-likeness (QED) is 0.649. The SMILES string of the molecule is CC.CC1=CC=C1C1=C(c2ccccc2)C(=O)N(c2cccc(Cl)c2)C1. The van der Waals surface area contributed by atoms with Crippen molar-refractivity contribution in [2.75, 3.05) is 11.4 Å². The molecule has 0 atom stereocenters. The molecule has 0 spiro atoms. The van der Waals surface area contributed by atoms with Crippen molar-refractivity contribution in [2.45, 2.75) is 20.8 Å². The first kappa shape index (κ1) is 18.2. The number of nitrogens with zero attached hydrogens (tertiary/aromatic N) is 1. The minimum atomic E-state index is 0.0269. The molecule has 2 nitrogen and oxygen atoms in total. The lowest BCUT2D eigenvalue weighted by Gasteiger charge is -2.19. The van der Waals surface area contributed by atoms with E-state index in [2.05, 4.69) is 19.1 Å². The maximum atomic E-state index is 13.2. The third kappa shape index (κ3) is 3.25. The third-order valence-electron chi connectivity index (χ3n) is 4.51. The lowest BCUT2D eigenvalue weighted by atomic mass is 9.87. The van der Waals surface area contributed by atoms with E-state index >= 15 is 0 Å². The van der Waals surface area contributed by atoms with Gasteiger partial charge in [-0.3, -0.25) is 4.79 Å². The number of hydrogen-bond donors (Lipinski definition) is 0. The molecule has 1 aliphatic carbocycles. The van der Waals surface area contributed by atoms with Gasteiger partial charge in [0, 0.05) is 10.7 Å². The van der Waals surface area contributed by atoms with E-state index in [1.165, 1.54) is 11.1 Å². The summed E-state index contributed by atoms with van der Waals surface area (Å²) in [6.45, 7) is 6.65. The predicted octanol–water partition coefficient (Wildman–Crippen LogP) is 6.05. The smallest absolute Gasteiger partial charge is 0.259 e. The number of benzene rings is 2. The van der Waals surface area contributed by atoms with Crippen LogP contribution in [0.15, 0.2) is 83.5 Å². The molecule has 0 unspecified atom stereocenters. The van der Waals surface area contributed by atoms with Gasteiger partial charge in [-0.25, -0.2) is 0 Å². The van der Waals surface area contributed by atoms with E-state index in [1.807, 2.05) is 68.4 Å². The molecule has 2 aromatic carbocycles. The lowest BCUT2D eigenvalue weighted by molar-refractivity contribution is -0.112. The van der Waals surface area contributed by atoms with Crippen molar-refractivity contribution in [1.29, 1.82) is 0 Å². The summed E-state index contributed by atoms with van der Waals surface area (Å²) in [6, 6.07) is 17.3. The summed E-state index contributed by atoms with van der Waals surface area (Å²) in [4.78, 5) is 15.0. The molecular formula is C23H22ClNO. The maximum Gasteiger partial charge on any atom is 0.259 e. The number of halogens is 1. The van der Waals surface area contributed by atoms with Crippen molar-refractivity contribution in [3.05, 3.63) is 94.1 Å². The number of rotatable bonds is 3. The third-order valence-corrected chi connectivity index (χ3v) is 4.74. The minimum Gasteiger partial charge on any atom is -0.304 e. The summed E-state index contributed by atoms with van der Waals surface area (Å²) in [5, 5.41) is 0.633. The molecule has 4 rings (SSSR count). The second kappa shape index (κ2) is 7.76. The van der Waals surface area contributed by atoms with Crippen LogP contribution in [0.25, 0.3) is 5.57 Å². The Balaban J connectivity index is 0.000000948. The van der Waals surface area contributed by atoms with Gasteiger partial charge in [0.25, 0.3) is 5.91 Å². The highest BCUT2D eigenvalue weighted by Crippen LogP contribution is 2.39. The van der Waals surface area contributed by atoms with Gasteiger partial charge >= 0.3 is 0 Å². The first-order chi connectivity index (χ1) is 12.6. The van der Waals surface area contributed by atoms with E-state index in [0.29, 0.717) is 11.6 Å². The zero-order chi connectivity index (χ0) is 18.7. The topological polar surface area (TPSA) is 20.3 Å². The standard InChI is InChI=1S/C21H16ClNO.C2H6/c1-14-10-11-18(14)19-13-23(17-9-5-8-16(22)12-17)21(24)20(19)15-6-3-2-4-7-15;1-2/h2-12H,13H2,1H3;1-2H3. The van der Waals surface area contributed by atoms with Crippen LogP contribution < -0.4 is 4.90 Å². The van der Waals surface area contributed by atoms with Gasteiger partial charge < -0.3 is 4.90 Å². The van der Waals surface area contributed by atoms with Gasteiger partial charge in [0.2, 0.25) is 0 Å². The van der Waals surface area contributed by atoms with Crippen LogP contribution in [0.5, 0.6) is 0 Å². The van der Waals surface area contributed by atoms with E-state index in [4.69, 9.17) is 11.6 Å². The predicted molar refractivity (Wildman–Crippen MR) is 110 cm³/mol. The average Bonchev–Trinajstić information content (AvgIpc) is 2.99. The van der Waals surface area contributed by atoms with Crippen LogP contribution in [0.4, 0.5) is 5.69 Å². The largest absolute Gasteiger partial charge is 0.304 e. The molecule has 3 heteroatoms. The summed E-state index contributed by atoms with van der Waals surface area (Å²) in [5.74, 6) is 0.0269. The van der Waals surface area contributed by atoms with Crippen LogP contribution in [0, 0.1) is 0 Å². The van der Waals surface area contributed by atoms with Crippen molar-refractivity contribution in [3.63, 3.8) is 0 Å². The van der Waals surface area contributed by atoms with E-state index in [9.17, 15) is 4.79 Å².